The Hall–Kier alpha value is 0.920. The first-order valence-electron chi connectivity index (χ1n) is 2.06. The Morgan fingerprint density at radius 3 is 2.00 bits per heavy atom. The van der Waals surface area contributed by atoms with E-state index in [1.807, 2.05) is 0 Å². The molecular formula is C4H10NaO2. The molecule has 0 aromatic carbocycles. The fourth-order valence-corrected chi connectivity index (χ4v) is 0.187. The van der Waals surface area contributed by atoms with Gasteiger partial charge in [-0.3, -0.25) is 0 Å². The minimum absolute atomic E-state index is 0. The molecule has 2 nitrogen and oxygen atoms in total. The van der Waals surface area contributed by atoms with Crippen LogP contribution in [0.25, 0.3) is 0 Å². The largest absolute Gasteiger partial charge is 0.396 e. The Labute approximate surface area is 65.8 Å². The summed E-state index contributed by atoms with van der Waals surface area (Å²) in [5, 5.41) is 16.5. The van der Waals surface area contributed by atoms with Crippen LogP contribution in [0.1, 0.15) is 13.3 Å². The average Bonchev–Trinajstić information content (AvgIpc) is 1.35. The van der Waals surface area contributed by atoms with Crippen LogP contribution in [0.4, 0.5) is 0 Å². The van der Waals surface area contributed by atoms with Gasteiger partial charge < -0.3 is 10.2 Å². The van der Waals surface area contributed by atoms with Gasteiger partial charge in [-0.1, -0.05) is 0 Å². The fraction of sp³-hybridized carbons (Fsp3) is 1.00. The molecule has 1 unspecified atom stereocenters. The number of aliphatic hydroxyl groups excluding tert-OH is 2. The topological polar surface area (TPSA) is 40.5 Å². The third-order valence-corrected chi connectivity index (χ3v) is 0.547. The quantitative estimate of drug-likeness (QED) is 0.468. The van der Waals surface area contributed by atoms with Crippen LogP contribution < -0.4 is 0 Å². The Bertz CT molecular complexity index is 30.9. The van der Waals surface area contributed by atoms with Crippen LogP contribution in [0.15, 0.2) is 0 Å². The maximum Gasteiger partial charge on any atom is 0.0533 e. The van der Waals surface area contributed by atoms with E-state index in [1.54, 1.807) is 6.92 Å². The van der Waals surface area contributed by atoms with Crippen LogP contribution in [-0.4, -0.2) is 52.5 Å². The summed E-state index contributed by atoms with van der Waals surface area (Å²) < 4.78 is 0. The molecule has 1 radical (unpaired) electrons. The van der Waals surface area contributed by atoms with Crippen LogP contribution in [0, 0.1) is 0 Å². The maximum atomic E-state index is 8.39. The van der Waals surface area contributed by atoms with Gasteiger partial charge in [0.1, 0.15) is 0 Å². The Kier molecular flexibility index (Phi) is 10.7. The third kappa shape index (κ3) is 10.9. The van der Waals surface area contributed by atoms with Crippen molar-refractivity contribution in [3.63, 3.8) is 0 Å². The van der Waals surface area contributed by atoms with Crippen molar-refractivity contribution in [1.82, 2.24) is 0 Å². The first-order valence-corrected chi connectivity index (χ1v) is 2.06. The Morgan fingerprint density at radius 2 is 2.00 bits per heavy atom. The van der Waals surface area contributed by atoms with Gasteiger partial charge in [0, 0.05) is 36.2 Å². The summed E-state index contributed by atoms with van der Waals surface area (Å²) in [6.07, 6.45) is 0.134. The Morgan fingerprint density at radius 1 is 1.57 bits per heavy atom. The molecular weight excluding hydrogens is 103 g/mol. The number of hydrogen-bond acceptors (Lipinski definition) is 2. The van der Waals surface area contributed by atoms with E-state index in [9.17, 15) is 0 Å². The van der Waals surface area contributed by atoms with Gasteiger partial charge in [0.15, 0.2) is 0 Å². The van der Waals surface area contributed by atoms with Gasteiger partial charge in [-0.2, -0.15) is 0 Å². The molecule has 0 saturated carbocycles. The van der Waals surface area contributed by atoms with Crippen LogP contribution >= 0.6 is 0 Å². The van der Waals surface area contributed by atoms with Crippen LogP contribution in [0.3, 0.4) is 0 Å². The summed E-state index contributed by atoms with van der Waals surface area (Å²) in [6.45, 7) is 1.73. The van der Waals surface area contributed by atoms with E-state index in [2.05, 4.69) is 0 Å². The molecule has 0 bridgehead atoms. The molecule has 0 fully saturated rings. The van der Waals surface area contributed by atoms with Crippen LogP contribution in [-0.2, 0) is 0 Å². The normalized spacial score (nSPS) is 12.4. The molecule has 0 aromatic rings. The van der Waals surface area contributed by atoms with Gasteiger partial charge in [-0.25, -0.2) is 0 Å². The van der Waals surface area contributed by atoms with Gasteiger partial charge >= 0.3 is 0 Å². The van der Waals surface area contributed by atoms with Gasteiger partial charge in [0.2, 0.25) is 0 Å². The molecule has 39 valence electrons. The molecule has 0 heterocycles. The molecule has 2 N–H and O–H groups in total. The Balaban J connectivity index is 0. The van der Waals surface area contributed by atoms with Gasteiger partial charge in [-0.05, 0) is 13.3 Å². The van der Waals surface area contributed by atoms with Gasteiger partial charge in [0.05, 0.1) is 6.10 Å². The van der Waals surface area contributed by atoms with E-state index in [0.29, 0.717) is 6.42 Å². The number of rotatable bonds is 2. The summed E-state index contributed by atoms with van der Waals surface area (Å²) in [5.74, 6) is 0. The molecule has 0 aliphatic rings. The summed E-state index contributed by atoms with van der Waals surface area (Å²) in [7, 11) is 0. The first-order chi connectivity index (χ1) is 2.77. The first kappa shape index (κ1) is 10.8. The molecule has 0 aromatic heterocycles. The van der Waals surface area contributed by atoms with Gasteiger partial charge in [0.25, 0.3) is 0 Å². The fourth-order valence-electron chi connectivity index (χ4n) is 0.187. The van der Waals surface area contributed by atoms with E-state index in [1.165, 1.54) is 0 Å². The molecule has 0 amide bonds. The SMILES string of the molecule is CC(O)CCO.[Na]. The summed E-state index contributed by atoms with van der Waals surface area (Å²) in [6, 6.07) is 0. The minimum Gasteiger partial charge on any atom is -0.396 e. The molecule has 0 saturated heterocycles. The second-order valence-corrected chi connectivity index (χ2v) is 1.36. The summed E-state index contributed by atoms with van der Waals surface area (Å²) in [4.78, 5) is 0. The number of aliphatic hydroxyl groups is 2. The zero-order chi connectivity index (χ0) is 4.99. The summed E-state index contributed by atoms with van der Waals surface area (Å²) in [5.41, 5.74) is 0. The van der Waals surface area contributed by atoms with Crippen molar-refractivity contribution in [3.8, 4) is 0 Å². The summed E-state index contributed by atoms with van der Waals surface area (Å²) >= 11 is 0. The average molecular weight is 113 g/mol. The molecule has 0 spiro atoms. The van der Waals surface area contributed by atoms with Gasteiger partial charge in [-0.15, -0.1) is 0 Å². The zero-order valence-electron chi connectivity index (χ0n) is 4.89. The van der Waals surface area contributed by atoms with Crippen molar-refractivity contribution < 1.29 is 10.2 Å². The van der Waals surface area contributed by atoms with Crippen molar-refractivity contribution >= 4 is 29.6 Å². The minimum atomic E-state index is -0.352. The van der Waals surface area contributed by atoms with Crippen LogP contribution in [0.2, 0.25) is 0 Å². The molecule has 1 atom stereocenters. The van der Waals surface area contributed by atoms with E-state index in [-0.39, 0.29) is 42.3 Å². The molecule has 0 rings (SSSR count). The zero-order valence-corrected chi connectivity index (χ0v) is 6.89. The number of hydrogen-bond donors (Lipinski definition) is 2. The van der Waals surface area contributed by atoms with Crippen molar-refractivity contribution in [2.75, 3.05) is 6.61 Å². The van der Waals surface area contributed by atoms with E-state index < -0.39 is 0 Å². The monoisotopic (exact) mass is 113 g/mol. The molecule has 3 heteroatoms. The third-order valence-electron chi connectivity index (χ3n) is 0.547. The van der Waals surface area contributed by atoms with Crippen molar-refractivity contribution in [2.45, 2.75) is 19.4 Å². The van der Waals surface area contributed by atoms with E-state index >= 15 is 0 Å². The second-order valence-electron chi connectivity index (χ2n) is 1.36. The second kappa shape index (κ2) is 6.92. The standard InChI is InChI=1S/C4H10O2.Na/c1-4(6)2-3-5;/h4-6H,2-3H2,1H3;. The maximum absolute atomic E-state index is 8.39. The molecule has 7 heavy (non-hydrogen) atoms. The predicted molar refractivity (Wildman–Crippen MR) is 29.1 cm³/mol. The van der Waals surface area contributed by atoms with E-state index in [4.69, 9.17) is 10.2 Å². The van der Waals surface area contributed by atoms with Crippen molar-refractivity contribution in [3.05, 3.63) is 0 Å². The van der Waals surface area contributed by atoms with E-state index in [0.717, 1.165) is 0 Å². The van der Waals surface area contributed by atoms with Crippen LogP contribution in [0.5, 0.6) is 0 Å². The predicted octanol–water partition coefficient (Wildman–Crippen LogP) is -0.631. The van der Waals surface area contributed by atoms with Crippen molar-refractivity contribution in [2.24, 2.45) is 0 Å². The molecule has 0 aliphatic heterocycles. The smallest absolute Gasteiger partial charge is 0.0533 e. The molecule has 0 aliphatic carbocycles. The van der Waals surface area contributed by atoms with Crippen molar-refractivity contribution in [1.29, 1.82) is 0 Å².